The lowest BCUT2D eigenvalue weighted by Crippen LogP contribution is -2.17. The monoisotopic (exact) mass is 410 g/mol. The molecule has 4 rings (SSSR count). The third-order valence-corrected chi connectivity index (χ3v) is 4.30. The molecule has 30 heavy (non-hydrogen) atoms. The Morgan fingerprint density at radius 3 is 2.17 bits per heavy atom. The smallest absolute Gasteiger partial charge is 0.478 e. The number of carboxylic acid groups (broad SMARTS) is 1. The molecule has 5 nitrogen and oxygen atoms in total. The number of rotatable bonds is 4. The highest BCUT2D eigenvalue weighted by molar-refractivity contribution is 5.94. The SMILES string of the molecule is O=C(O)c1ccc2nc(-c3ccccc3)c(-c3cccc(OC(F)(F)F)c3)nc2c1. The minimum absolute atomic E-state index is 0.0318. The fourth-order valence-corrected chi connectivity index (χ4v) is 3.03. The van der Waals surface area contributed by atoms with Gasteiger partial charge in [0.1, 0.15) is 5.75 Å². The molecule has 0 unspecified atom stereocenters. The molecule has 150 valence electrons. The number of nitrogens with zero attached hydrogens (tertiary/aromatic N) is 2. The van der Waals surface area contributed by atoms with Crippen molar-refractivity contribution in [2.45, 2.75) is 6.36 Å². The van der Waals surface area contributed by atoms with Crippen LogP contribution in [0.15, 0.2) is 72.8 Å². The molecule has 1 heterocycles. The highest BCUT2D eigenvalue weighted by Gasteiger charge is 2.31. The molecule has 0 saturated carbocycles. The Hall–Kier alpha value is -3.94. The van der Waals surface area contributed by atoms with Gasteiger partial charge in [0.15, 0.2) is 0 Å². The minimum atomic E-state index is -4.83. The second kappa shape index (κ2) is 7.47. The van der Waals surface area contributed by atoms with Crippen LogP contribution in [-0.4, -0.2) is 27.4 Å². The Kier molecular flexibility index (Phi) is 4.83. The maximum Gasteiger partial charge on any atom is 0.573 e. The standard InChI is InChI=1S/C22H13F3N2O3/c23-22(24,25)30-16-8-4-7-14(11-16)20-19(13-5-2-1-3-6-13)26-17-10-9-15(21(28)29)12-18(17)27-20/h1-12H,(H,28,29). The van der Waals surface area contributed by atoms with Crippen LogP contribution in [0.25, 0.3) is 33.5 Å². The molecule has 0 aliphatic rings. The fraction of sp³-hybridized carbons (Fsp3) is 0.0455. The first-order chi connectivity index (χ1) is 14.3. The number of halogens is 3. The molecular weight excluding hydrogens is 397 g/mol. The lowest BCUT2D eigenvalue weighted by molar-refractivity contribution is -0.274. The highest BCUT2D eigenvalue weighted by atomic mass is 19.4. The van der Waals surface area contributed by atoms with Crippen LogP contribution in [0.1, 0.15) is 10.4 Å². The topological polar surface area (TPSA) is 72.3 Å². The number of hydrogen-bond donors (Lipinski definition) is 1. The van der Waals surface area contributed by atoms with Crippen LogP contribution in [0.3, 0.4) is 0 Å². The summed E-state index contributed by atoms with van der Waals surface area (Å²) in [6.45, 7) is 0. The Bertz CT molecular complexity index is 1240. The average molecular weight is 410 g/mol. The van der Waals surface area contributed by atoms with Gasteiger partial charge in [0, 0.05) is 11.1 Å². The summed E-state index contributed by atoms with van der Waals surface area (Å²) in [6.07, 6.45) is -4.83. The van der Waals surface area contributed by atoms with Crippen LogP contribution in [0.4, 0.5) is 13.2 Å². The molecule has 0 aliphatic heterocycles. The van der Waals surface area contributed by atoms with Crippen molar-refractivity contribution in [3.63, 3.8) is 0 Å². The molecule has 0 spiro atoms. The number of benzene rings is 3. The predicted molar refractivity (Wildman–Crippen MR) is 104 cm³/mol. The third-order valence-electron chi connectivity index (χ3n) is 4.30. The van der Waals surface area contributed by atoms with Gasteiger partial charge >= 0.3 is 12.3 Å². The molecule has 0 radical (unpaired) electrons. The Labute approximate surface area is 168 Å². The average Bonchev–Trinajstić information content (AvgIpc) is 2.72. The van der Waals surface area contributed by atoms with Crippen LogP contribution in [0, 0.1) is 0 Å². The Balaban J connectivity index is 1.94. The van der Waals surface area contributed by atoms with Crippen LogP contribution in [0.5, 0.6) is 5.75 Å². The first-order valence-electron chi connectivity index (χ1n) is 8.77. The van der Waals surface area contributed by atoms with Gasteiger partial charge in [-0.1, -0.05) is 42.5 Å². The lowest BCUT2D eigenvalue weighted by Gasteiger charge is -2.13. The molecule has 0 fully saturated rings. The van der Waals surface area contributed by atoms with Crippen LogP contribution in [-0.2, 0) is 0 Å². The summed E-state index contributed by atoms with van der Waals surface area (Å²) in [6, 6.07) is 18.8. The van der Waals surface area contributed by atoms with Crippen molar-refractivity contribution in [1.82, 2.24) is 9.97 Å². The van der Waals surface area contributed by atoms with E-state index in [4.69, 9.17) is 0 Å². The van der Waals surface area contributed by atoms with E-state index in [1.54, 1.807) is 24.3 Å². The largest absolute Gasteiger partial charge is 0.573 e. The maximum absolute atomic E-state index is 12.6. The van der Waals surface area contributed by atoms with E-state index in [-0.39, 0.29) is 11.3 Å². The zero-order valence-electron chi connectivity index (χ0n) is 15.2. The number of alkyl halides is 3. The molecule has 0 bridgehead atoms. The molecule has 4 aromatic rings. The highest BCUT2D eigenvalue weighted by Crippen LogP contribution is 2.34. The predicted octanol–water partition coefficient (Wildman–Crippen LogP) is 5.56. The summed E-state index contributed by atoms with van der Waals surface area (Å²) in [5.74, 6) is -1.51. The van der Waals surface area contributed by atoms with E-state index in [1.807, 2.05) is 18.2 Å². The van der Waals surface area contributed by atoms with Crippen LogP contribution >= 0.6 is 0 Å². The van der Waals surface area contributed by atoms with Crippen LogP contribution < -0.4 is 4.74 Å². The molecule has 1 N–H and O–H groups in total. The van der Waals surface area contributed by atoms with Crippen molar-refractivity contribution >= 4 is 17.0 Å². The first-order valence-corrected chi connectivity index (χ1v) is 8.77. The summed E-state index contributed by atoms with van der Waals surface area (Å²) in [5.41, 5.74) is 2.64. The van der Waals surface area contributed by atoms with Crippen molar-refractivity contribution in [3.05, 3.63) is 78.4 Å². The van der Waals surface area contributed by atoms with E-state index in [2.05, 4.69) is 14.7 Å². The summed E-state index contributed by atoms with van der Waals surface area (Å²) < 4.78 is 41.9. The van der Waals surface area contributed by atoms with Gasteiger partial charge in [-0.25, -0.2) is 14.8 Å². The van der Waals surface area contributed by atoms with Gasteiger partial charge in [0.2, 0.25) is 0 Å². The van der Waals surface area contributed by atoms with Gasteiger partial charge in [-0.05, 0) is 30.3 Å². The molecule has 0 atom stereocenters. The van der Waals surface area contributed by atoms with E-state index >= 15 is 0 Å². The number of fused-ring (bicyclic) bond motifs is 1. The number of aromatic carboxylic acids is 1. The van der Waals surface area contributed by atoms with Crippen molar-refractivity contribution in [2.75, 3.05) is 0 Å². The van der Waals surface area contributed by atoms with E-state index < -0.39 is 12.3 Å². The van der Waals surface area contributed by atoms with E-state index in [0.717, 1.165) is 0 Å². The first kappa shape index (κ1) is 19.4. The zero-order valence-corrected chi connectivity index (χ0v) is 15.2. The van der Waals surface area contributed by atoms with Gasteiger partial charge in [-0.2, -0.15) is 0 Å². The Morgan fingerprint density at radius 2 is 1.47 bits per heavy atom. The maximum atomic E-state index is 12.6. The van der Waals surface area contributed by atoms with Crippen molar-refractivity contribution in [2.24, 2.45) is 0 Å². The molecule has 8 heteroatoms. The molecular formula is C22H13F3N2O3. The molecule has 1 aromatic heterocycles. The van der Waals surface area contributed by atoms with Crippen molar-refractivity contribution in [1.29, 1.82) is 0 Å². The zero-order chi connectivity index (χ0) is 21.3. The Morgan fingerprint density at radius 1 is 0.800 bits per heavy atom. The van der Waals surface area contributed by atoms with E-state index in [1.165, 1.54) is 30.3 Å². The van der Waals surface area contributed by atoms with E-state index in [0.29, 0.717) is 33.5 Å². The van der Waals surface area contributed by atoms with Gasteiger partial charge in [0.05, 0.1) is 28.0 Å². The summed E-state index contributed by atoms with van der Waals surface area (Å²) in [4.78, 5) is 20.4. The van der Waals surface area contributed by atoms with Gasteiger partial charge in [-0.3, -0.25) is 0 Å². The van der Waals surface area contributed by atoms with Crippen LogP contribution in [0.2, 0.25) is 0 Å². The second-order valence-corrected chi connectivity index (χ2v) is 6.37. The summed E-state index contributed by atoms with van der Waals surface area (Å²) in [5, 5.41) is 9.24. The van der Waals surface area contributed by atoms with Crippen molar-refractivity contribution in [3.8, 4) is 28.3 Å². The van der Waals surface area contributed by atoms with Gasteiger partial charge < -0.3 is 9.84 Å². The normalized spacial score (nSPS) is 11.4. The molecule has 0 saturated heterocycles. The summed E-state index contributed by atoms with van der Waals surface area (Å²) >= 11 is 0. The molecule has 0 aliphatic carbocycles. The molecule has 3 aromatic carbocycles. The number of carboxylic acids is 1. The minimum Gasteiger partial charge on any atom is -0.478 e. The third kappa shape index (κ3) is 4.07. The number of carbonyl (C=O) groups is 1. The van der Waals surface area contributed by atoms with E-state index in [9.17, 15) is 23.1 Å². The quantitative estimate of drug-likeness (QED) is 0.477. The van der Waals surface area contributed by atoms with Gasteiger partial charge in [-0.15, -0.1) is 13.2 Å². The fourth-order valence-electron chi connectivity index (χ4n) is 3.03. The number of ether oxygens (including phenoxy) is 1. The van der Waals surface area contributed by atoms with Crippen molar-refractivity contribution < 1.29 is 27.8 Å². The second-order valence-electron chi connectivity index (χ2n) is 6.37. The van der Waals surface area contributed by atoms with Gasteiger partial charge in [0.25, 0.3) is 0 Å². The lowest BCUT2D eigenvalue weighted by atomic mass is 10.0. The number of hydrogen-bond acceptors (Lipinski definition) is 4. The molecule has 0 amide bonds. The summed E-state index contributed by atoms with van der Waals surface area (Å²) in [7, 11) is 0. The number of aromatic nitrogens is 2.